The predicted octanol–water partition coefficient (Wildman–Crippen LogP) is 1.86. The second-order valence-electron chi connectivity index (χ2n) is 6.14. The van der Waals surface area contributed by atoms with Gasteiger partial charge in [0.2, 0.25) is 0 Å². The Labute approximate surface area is 127 Å². The number of carbonyl (C=O) groups excluding carboxylic acids is 1. The monoisotopic (exact) mass is 313 g/mol. The van der Waals surface area contributed by atoms with Crippen LogP contribution in [0.5, 0.6) is 0 Å². The van der Waals surface area contributed by atoms with Gasteiger partial charge in [-0.25, -0.2) is 13.6 Å². The Morgan fingerprint density at radius 3 is 2.23 bits per heavy atom. The van der Waals surface area contributed by atoms with E-state index in [1.54, 1.807) is 0 Å². The lowest BCUT2D eigenvalue weighted by Crippen LogP contribution is -2.41. The van der Waals surface area contributed by atoms with Gasteiger partial charge in [0.1, 0.15) is 6.61 Å². The van der Waals surface area contributed by atoms with Crippen LogP contribution in [0.1, 0.15) is 33.3 Å². The van der Waals surface area contributed by atoms with Crippen molar-refractivity contribution in [2.45, 2.75) is 45.5 Å². The van der Waals surface area contributed by atoms with Crippen molar-refractivity contribution in [1.82, 2.24) is 0 Å². The minimum atomic E-state index is -1.12. The van der Waals surface area contributed by atoms with Crippen LogP contribution in [-0.2, 0) is 20.7 Å². The van der Waals surface area contributed by atoms with Crippen molar-refractivity contribution < 1.29 is 27.6 Å². The topological polar surface area (TPSA) is 70.8 Å². The molecule has 8 heteroatoms. The van der Waals surface area contributed by atoms with Crippen molar-refractivity contribution in [2.75, 3.05) is 0 Å². The van der Waals surface area contributed by atoms with Gasteiger partial charge in [0.25, 0.3) is 0 Å². The highest BCUT2D eigenvalue weighted by atomic mass is 19.2. The number of carbonyl (C=O) groups is 1. The number of rotatable bonds is 3. The molecule has 120 valence electrons. The predicted molar refractivity (Wildman–Crippen MR) is 76.4 cm³/mol. The van der Waals surface area contributed by atoms with Crippen LogP contribution >= 0.6 is 0 Å². The minimum Gasteiger partial charge on any atom is -0.445 e. The van der Waals surface area contributed by atoms with Crippen LogP contribution in [0.4, 0.5) is 13.6 Å². The Morgan fingerprint density at radius 2 is 1.73 bits per heavy atom. The standard InChI is InChI=1S/C14H18BF2NO4/c1-13(2)14(3,4)22-15(21-13)9-6-5-8(7-20-12(18)19)10(16)11(9)17/h5-6H,7H2,1-4H3,(H2,18,19). The Balaban J connectivity index is 2.27. The van der Waals surface area contributed by atoms with E-state index >= 15 is 0 Å². The largest absolute Gasteiger partial charge is 0.497 e. The molecular formula is C14H18BF2NO4. The van der Waals surface area contributed by atoms with E-state index in [2.05, 4.69) is 4.74 Å². The van der Waals surface area contributed by atoms with E-state index in [0.29, 0.717) is 0 Å². The molecule has 0 aliphatic carbocycles. The van der Waals surface area contributed by atoms with Gasteiger partial charge < -0.3 is 19.8 Å². The third-order valence-electron chi connectivity index (χ3n) is 4.07. The van der Waals surface area contributed by atoms with Crippen molar-refractivity contribution >= 4 is 18.7 Å². The van der Waals surface area contributed by atoms with E-state index in [1.807, 2.05) is 27.7 Å². The fraction of sp³-hybridized carbons (Fsp3) is 0.500. The first-order valence-corrected chi connectivity index (χ1v) is 6.80. The summed E-state index contributed by atoms with van der Waals surface area (Å²) < 4.78 is 44.1. The maximum Gasteiger partial charge on any atom is 0.497 e. The molecule has 1 heterocycles. The summed E-state index contributed by atoms with van der Waals surface area (Å²) in [5.74, 6) is -2.21. The van der Waals surface area contributed by atoms with Crippen molar-refractivity contribution in [3.05, 3.63) is 29.3 Å². The molecule has 2 N–H and O–H groups in total. The lowest BCUT2D eigenvalue weighted by molar-refractivity contribution is 0.00578. The Bertz CT molecular complexity index is 591. The summed E-state index contributed by atoms with van der Waals surface area (Å²) in [5.41, 5.74) is 3.33. The molecule has 0 unspecified atom stereocenters. The van der Waals surface area contributed by atoms with Gasteiger partial charge in [-0.15, -0.1) is 0 Å². The fourth-order valence-electron chi connectivity index (χ4n) is 2.02. The molecule has 1 aromatic carbocycles. The van der Waals surface area contributed by atoms with Crippen LogP contribution in [0.25, 0.3) is 0 Å². The highest BCUT2D eigenvalue weighted by molar-refractivity contribution is 6.62. The van der Waals surface area contributed by atoms with E-state index in [1.165, 1.54) is 12.1 Å². The third kappa shape index (κ3) is 2.93. The molecule has 5 nitrogen and oxygen atoms in total. The average molecular weight is 313 g/mol. The molecule has 0 bridgehead atoms. The average Bonchev–Trinajstić information content (AvgIpc) is 2.60. The smallest absolute Gasteiger partial charge is 0.445 e. The Kier molecular flexibility index (Phi) is 4.19. The van der Waals surface area contributed by atoms with Gasteiger partial charge in [0.15, 0.2) is 11.6 Å². The van der Waals surface area contributed by atoms with E-state index in [-0.39, 0.29) is 11.0 Å². The van der Waals surface area contributed by atoms with Crippen LogP contribution in [0.15, 0.2) is 12.1 Å². The first-order valence-electron chi connectivity index (χ1n) is 6.80. The van der Waals surface area contributed by atoms with Crippen LogP contribution in [-0.4, -0.2) is 24.4 Å². The zero-order chi connectivity index (χ0) is 16.7. The van der Waals surface area contributed by atoms with E-state index in [0.717, 1.165) is 0 Å². The molecule has 0 saturated carbocycles. The van der Waals surface area contributed by atoms with Gasteiger partial charge >= 0.3 is 13.2 Å². The van der Waals surface area contributed by atoms with Crippen molar-refractivity contribution in [1.29, 1.82) is 0 Å². The normalized spacial score (nSPS) is 19.3. The fourth-order valence-corrected chi connectivity index (χ4v) is 2.02. The van der Waals surface area contributed by atoms with Crippen LogP contribution in [0.3, 0.4) is 0 Å². The maximum absolute atomic E-state index is 14.2. The molecule has 1 fully saturated rings. The molecular weight excluding hydrogens is 295 g/mol. The number of ether oxygens (including phenoxy) is 1. The van der Waals surface area contributed by atoms with Crippen molar-refractivity contribution in [3.63, 3.8) is 0 Å². The summed E-state index contributed by atoms with van der Waals surface area (Å²) in [6, 6.07) is 2.65. The number of primary amides is 1. The second-order valence-corrected chi connectivity index (χ2v) is 6.14. The number of amides is 1. The van der Waals surface area contributed by atoms with Gasteiger partial charge in [0, 0.05) is 11.0 Å². The van der Waals surface area contributed by atoms with E-state index < -0.39 is 42.7 Å². The number of hydrogen-bond acceptors (Lipinski definition) is 4. The Hall–Kier alpha value is -1.67. The minimum absolute atomic E-state index is 0.0426. The Morgan fingerprint density at radius 1 is 1.18 bits per heavy atom. The molecule has 1 saturated heterocycles. The highest BCUT2D eigenvalue weighted by Gasteiger charge is 2.52. The molecule has 0 atom stereocenters. The maximum atomic E-state index is 14.2. The SMILES string of the molecule is CC1(C)OB(c2ccc(COC(N)=O)c(F)c2F)OC1(C)C. The third-order valence-corrected chi connectivity index (χ3v) is 4.07. The summed E-state index contributed by atoms with van der Waals surface area (Å²) >= 11 is 0. The van der Waals surface area contributed by atoms with E-state index in [9.17, 15) is 13.6 Å². The summed E-state index contributed by atoms with van der Waals surface area (Å²) in [6.45, 7) is 6.82. The highest BCUT2D eigenvalue weighted by Crippen LogP contribution is 2.36. The summed E-state index contributed by atoms with van der Waals surface area (Å²) in [4.78, 5) is 10.5. The van der Waals surface area contributed by atoms with Gasteiger partial charge in [-0.2, -0.15) is 0 Å². The van der Waals surface area contributed by atoms with Gasteiger partial charge in [-0.3, -0.25) is 0 Å². The van der Waals surface area contributed by atoms with Crippen molar-refractivity contribution in [3.8, 4) is 0 Å². The molecule has 1 aliphatic rings. The zero-order valence-corrected chi connectivity index (χ0v) is 12.9. The van der Waals surface area contributed by atoms with Crippen LogP contribution < -0.4 is 11.2 Å². The lowest BCUT2D eigenvalue weighted by atomic mass is 9.78. The van der Waals surface area contributed by atoms with Crippen LogP contribution in [0.2, 0.25) is 0 Å². The molecule has 1 amide bonds. The second kappa shape index (κ2) is 5.51. The molecule has 0 aromatic heterocycles. The molecule has 0 spiro atoms. The van der Waals surface area contributed by atoms with Crippen LogP contribution in [0, 0.1) is 11.6 Å². The number of nitrogens with two attached hydrogens (primary N) is 1. The summed E-state index contributed by atoms with van der Waals surface area (Å²) in [7, 11) is -1.01. The molecule has 22 heavy (non-hydrogen) atoms. The van der Waals surface area contributed by atoms with Gasteiger partial charge in [0.05, 0.1) is 11.2 Å². The first-order chi connectivity index (χ1) is 10.0. The molecule has 2 rings (SSSR count). The van der Waals surface area contributed by atoms with E-state index in [4.69, 9.17) is 15.0 Å². The summed E-state index contributed by atoms with van der Waals surface area (Å²) in [6.07, 6.45) is -1.06. The van der Waals surface area contributed by atoms with Gasteiger partial charge in [-0.05, 0) is 27.7 Å². The van der Waals surface area contributed by atoms with Crippen molar-refractivity contribution in [2.24, 2.45) is 5.73 Å². The first kappa shape index (κ1) is 16.7. The molecule has 1 aliphatic heterocycles. The zero-order valence-electron chi connectivity index (χ0n) is 12.9. The number of halogens is 2. The quantitative estimate of drug-likeness (QED) is 0.865. The molecule has 1 aromatic rings. The summed E-state index contributed by atoms with van der Waals surface area (Å²) in [5, 5.41) is 0. The van der Waals surface area contributed by atoms with Gasteiger partial charge in [-0.1, -0.05) is 12.1 Å². The number of benzene rings is 1. The molecule has 0 radical (unpaired) electrons. The number of hydrogen-bond donors (Lipinski definition) is 1. The lowest BCUT2D eigenvalue weighted by Gasteiger charge is -2.32.